The second kappa shape index (κ2) is 10.7. The number of hydrogen-bond donors (Lipinski definition) is 1. The maximum Gasteiger partial charge on any atom is 0.265 e. The van der Waals surface area contributed by atoms with Crippen molar-refractivity contribution in [2.45, 2.75) is 0 Å². The Hall–Kier alpha value is -4.40. The lowest BCUT2D eigenvalue weighted by molar-refractivity contribution is -0.121. The second-order valence-electron chi connectivity index (χ2n) is 7.53. The first kappa shape index (κ1) is 23.7. The lowest BCUT2D eigenvalue weighted by Crippen LogP contribution is -2.41. The van der Waals surface area contributed by atoms with Crippen molar-refractivity contribution in [1.82, 2.24) is 0 Å². The van der Waals surface area contributed by atoms with E-state index in [1.165, 1.54) is 14.2 Å². The first-order chi connectivity index (χ1) is 17.0. The number of fused-ring (bicyclic) bond motifs is 1. The van der Waals surface area contributed by atoms with E-state index in [1.807, 2.05) is 0 Å². The maximum atomic E-state index is 13.1. The summed E-state index contributed by atoms with van der Waals surface area (Å²) < 4.78 is 27.2. The minimum absolute atomic E-state index is 0.0698. The van der Waals surface area contributed by atoms with Crippen LogP contribution in [0.1, 0.15) is 10.4 Å². The van der Waals surface area contributed by atoms with E-state index in [2.05, 4.69) is 5.32 Å². The molecule has 1 heterocycles. The summed E-state index contributed by atoms with van der Waals surface area (Å²) in [6.07, 6.45) is 0. The number of ether oxygens (including phenoxy) is 5. The maximum absolute atomic E-state index is 13.1. The zero-order valence-electron chi connectivity index (χ0n) is 19.7. The molecule has 1 N–H and O–H groups in total. The third-order valence-corrected chi connectivity index (χ3v) is 5.46. The molecule has 0 aliphatic carbocycles. The van der Waals surface area contributed by atoms with Crippen LogP contribution in [-0.4, -0.2) is 52.9 Å². The molecule has 0 spiro atoms. The van der Waals surface area contributed by atoms with E-state index < -0.39 is 5.91 Å². The van der Waals surface area contributed by atoms with Gasteiger partial charge in [-0.15, -0.1) is 0 Å². The molecule has 0 radical (unpaired) electrons. The van der Waals surface area contributed by atoms with E-state index in [0.717, 1.165) is 5.75 Å². The molecular formula is C26H26N2O7. The summed E-state index contributed by atoms with van der Waals surface area (Å²) in [5.41, 5.74) is 1.30. The van der Waals surface area contributed by atoms with Gasteiger partial charge in [-0.05, 0) is 54.6 Å². The van der Waals surface area contributed by atoms with Crippen molar-refractivity contribution in [1.29, 1.82) is 0 Å². The van der Waals surface area contributed by atoms with Crippen molar-refractivity contribution in [3.8, 4) is 28.7 Å². The average Bonchev–Trinajstić information content (AvgIpc) is 2.89. The molecule has 0 bridgehead atoms. The number of nitrogens with one attached hydrogen (secondary N) is 1. The molecule has 0 aromatic heterocycles. The van der Waals surface area contributed by atoms with Crippen LogP contribution in [0.3, 0.4) is 0 Å². The Morgan fingerprint density at radius 3 is 2.29 bits per heavy atom. The topological polar surface area (TPSA) is 95.6 Å². The summed E-state index contributed by atoms with van der Waals surface area (Å²) in [7, 11) is 4.57. The Balaban J connectivity index is 1.50. The summed E-state index contributed by atoms with van der Waals surface area (Å²) in [5, 5.41) is 2.85. The number of benzene rings is 3. The van der Waals surface area contributed by atoms with Crippen LogP contribution in [-0.2, 0) is 4.79 Å². The zero-order chi connectivity index (χ0) is 24.8. The van der Waals surface area contributed by atoms with Crippen LogP contribution < -0.4 is 33.9 Å². The third-order valence-electron chi connectivity index (χ3n) is 5.46. The summed E-state index contributed by atoms with van der Waals surface area (Å²) in [4.78, 5) is 27.2. The fourth-order valence-electron chi connectivity index (χ4n) is 3.72. The zero-order valence-corrected chi connectivity index (χ0v) is 19.7. The standard InChI is InChI=1S/C26H26N2O7/c1-31-18-8-10-19(11-9-18)34-14-13-28-20-15-17(7-12-21(20)35-16-24(28)29)27-26(30)25-22(32-2)5-4-6-23(25)33-3/h4-12,15H,13-14,16H2,1-3H3,(H,27,30). The van der Waals surface area contributed by atoms with E-state index >= 15 is 0 Å². The lowest BCUT2D eigenvalue weighted by Gasteiger charge is -2.29. The van der Waals surface area contributed by atoms with E-state index in [1.54, 1.807) is 72.7 Å². The van der Waals surface area contributed by atoms with Crippen LogP contribution >= 0.6 is 0 Å². The number of hydrogen-bond acceptors (Lipinski definition) is 7. The molecule has 35 heavy (non-hydrogen) atoms. The van der Waals surface area contributed by atoms with Gasteiger partial charge in [0.05, 0.1) is 33.6 Å². The molecule has 1 aliphatic rings. The van der Waals surface area contributed by atoms with Crippen molar-refractivity contribution in [3.05, 3.63) is 66.2 Å². The summed E-state index contributed by atoms with van der Waals surface area (Å²) in [6, 6.07) is 17.4. The number of carbonyl (C=O) groups is 2. The van der Waals surface area contributed by atoms with Gasteiger partial charge in [-0.25, -0.2) is 0 Å². The van der Waals surface area contributed by atoms with Crippen molar-refractivity contribution < 1.29 is 33.3 Å². The van der Waals surface area contributed by atoms with E-state index in [9.17, 15) is 9.59 Å². The molecular weight excluding hydrogens is 452 g/mol. The number of methoxy groups -OCH3 is 3. The van der Waals surface area contributed by atoms with Gasteiger partial charge >= 0.3 is 0 Å². The normalized spacial score (nSPS) is 12.3. The van der Waals surface area contributed by atoms with E-state index in [4.69, 9.17) is 23.7 Å². The second-order valence-corrected chi connectivity index (χ2v) is 7.53. The van der Waals surface area contributed by atoms with Gasteiger partial charge in [-0.3, -0.25) is 9.59 Å². The number of amides is 2. The van der Waals surface area contributed by atoms with Crippen molar-refractivity contribution in [2.24, 2.45) is 0 Å². The van der Waals surface area contributed by atoms with Crippen LogP contribution in [0.5, 0.6) is 28.7 Å². The summed E-state index contributed by atoms with van der Waals surface area (Å²) in [6.45, 7) is 0.505. The highest BCUT2D eigenvalue weighted by atomic mass is 16.5. The SMILES string of the molecule is COc1ccc(OCCN2C(=O)COc3ccc(NC(=O)c4c(OC)cccc4OC)cc32)cc1. The van der Waals surface area contributed by atoms with Crippen LogP contribution in [0.25, 0.3) is 0 Å². The Kier molecular flexibility index (Phi) is 7.25. The fourth-order valence-corrected chi connectivity index (χ4v) is 3.72. The van der Waals surface area contributed by atoms with E-state index in [-0.39, 0.29) is 24.7 Å². The highest BCUT2D eigenvalue weighted by Crippen LogP contribution is 2.35. The monoisotopic (exact) mass is 478 g/mol. The molecule has 4 rings (SSSR count). The Labute approximate surface area is 203 Å². The molecule has 1 aliphatic heterocycles. The molecule has 9 nitrogen and oxygen atoms in total. The number of rotatable bonds is 9. The molecule has 3 aromatic carbocycles. The van der Waals surface area contributed by atoms with Crippen molar-refractivity contribution >= 4 is 23.2 Å². The van der Waals surface area contributed by atoms with Gasteiger partial charge in [-0.2, -0.15) is 0 Å². The fraction of sp³-hybridized carbons (Fsp3) is 0.231. The van der Waals surface area contributed by atoms with Crippen molar-refractivity contribution in [3.63, 3.8) is 0 Å². The molecule has 0 atom stereocenters. The highest BCUT2D eigenvalue weighted by Gasteiger charge is 2.26. The van der Waals surface area contributed by atoms with Crippen molar-refractivity contribution in [2.75, 3.05) is 51.3 Å². The van der Waals surface area contributed by atoms with Gasteiger partial charge in [-0.1, -0.05) is 6.07 Å². The average molecular weight is 479 g/mol. The first-order valence-corrected chi connectivity index (χ1v) is 10.9. The van der Waals surface area contributed by atoms with Crippen LogP contribution in [0.15, 0.2) is 60.7 Å². The predicted octanol–water partition coefficient (Wildman–Crippen LogP) is 3.77. The molecule has 9 heteroatoms. The predicted molar refractivity (Wildman–Crippen MR) is 130 cm³/mol. The smallest absolute Gasteiger partial charge is 0.265 e. The Morgan fingerprint density at radius 2 is 1.63 bits per heavy atom. The minimum atomic E-state index is -0.406. The van der Waals surface area contributed by atoms with Gasteiger partial charge in [0.25, 0.3) is 11.8 Å². The lowest BCUT2D eigenvalue weighted by atomic mass is 10.1. The number of carbonyl (C=O) groups excluding carboxylic acids is 2. The molecule has 0 saturated carbocycles. The summed E-state index contributed by atoms with van der Waals surface area (Å²) in [5.74, 6) is 2.10. The van der Waals surface area contributed by atoms with Crippen LogP contribution in [0.4, 0.5) is 11.4 Å². The molecule has 182 valence electrons. The number of anilines is 2. The largest absolute Gasteiger partial charge is 0.497 e. The summed E-state index contributed by atoms with van der Waals surface area (Å²) >= 11 is 0. The molecule has 2 amide bonds. The quantitative estimate of drug-likeness (QED) is 0.500. The van der Waals surface area contributed by atoms with Gasteiger partial charge in [0.15, 0.2) is 6.61 Å². The van der Waals surface area contributed by atoms with Gasteiger partial charge in [0, 0.05) is 5.69 Å². The Bertz CT molecular complexity index is 1190. The first-order valence-electron chi connectivity index (χ1n) is 10.9. The molecule has 3 aromatic rings. The molecule has 0 fully saturated rings. The van der Waals surface area contributed by atoms with E-state index in [0.29, 0.717) is 40.9 Å². The highest BCUT2D eigenvalue weighted by molar-refractivity contribution is 6.09. The van der Waals surface area contributed by atoms with Gasteiger partial charge < -0.3 is 33.9 Å². The Morgan fingerprint density at radius 1 is 0.943 bits per heavy atom. The molecule has 0 unspecified atom stereocenters. The third kappa shape index (κ3) is 5.24. The van der Waals surface area contributed by atoms with Crippen LogP contribution in [0.2, 0.25) is 0 Å². The number of nitrogens with zero attached hydrogens (tertiary/aromatic N) is 1. The van der Waals surface area contributed by atoms with Gasteiger partial charge in [0.2, 0.25) is 0 Å². The van der Waals surface area contributed by atoms with Crippen LogP contribution in [0, 0.1) is 0 Å². The minimum Gasteiger partial charge on any atom is -0.497 e. The molecule has 0 saturated heterocycles. The van der Waals surface area contributed by atoms with Gasteiger partial charge in [0.1, 0.15) is 40.9 Å².